The van der Waals surface area contributed by atoms with Gasteiger partial charge in [-0.15, -0.1) is 0 Å². The first-order chi connectivity index (χ1) is 14.8. The van der Waals surface area contributed by atoms with Crippen molar-refractivity contribution in [3.63, 3.8) is 0 Å². The maximum atomic E-state index is 12.5. The van der Waals surface area contributed by atoms with E-state index in [2.05, 4.69) is 5.32 Å². The number of anilines is 1. The lowest BCUT2D eigenvalue weighted by molar-refractivity contribution is -0.147. The van der Waals surface area contributed by atoms with E-state index in [0.717, 1.165) is 11.1 Å². The Bertz CT molecular complexity index is 1050. The summed E-state index contributed by atoms with van der Waals surface area (Å²) in [7, 11) is 0. The number of ketones is 1. The van der Waals surface area contributed by atoms with E-state index in [9.17, 15) is 19.2 Å². The van der Waals surface area contributed by atoms with Gasteiger partial charge in [0.25, 0.3) is 0 Å². The number of Topliss-reactive ketones (excluding diaryl/α,β-unsaturated/α-hetero) is 1. The number of nitrogens with zero attached hydrogens (tertiary/aromatic N) is 1. The molecule has 7 heteroatoms. The number of fused-ring (bicyclic) bond motifs is 1. The lowest BCUT2D eigenvalue weighted by Crippen LogP contribution is -2.30. The molecule has 7 nitrogen and oxygen atoms in total. The molecular weight excluding hydrogens is 396 g/mol. The molecule has 0 unspecified atom stereocenters. The molecule has 1 fully saturated rings. The minimum atomic E-state index is -0.590. The molecule has 0 saturated carbocycles. The maximum absolute atomic E-state index is 12.5. The van der Waals surface area contributed by atoms with Crippen LogP contribution in [0.1, 0.15) is 53.7 Å². The van der Waals surface area contributed by atoms with Crippen LogP contribution < -0.4 is 5.32 Å². The number of hydrogen-bond donors (Lipinski definition) is 1. The first kappa shape index (κ1) is 20.8. The number of ether oxygens (including phenoxy) is 1. The molecule has 0 aromatic heterocycles. The van der Waals surface area contributed by atoms with Gasteiger partial charge in [0.1, 0.15) is 0 Å². The Hall–Kier alpha value is -3.48. The van der Waals surface area contributed by atoms with Crippen molar-refractivity contribution in [2.75, 3.05) is 18.5 Å². The highest BCUT2D eigenvalue weighted by molar-refractivity contribution is 6.05. The van der Waals surface area contributed by atoms with Gasteiger partial charge in [-0.3, -0.25) is 19.2 Å². The van der Waals surface area contributed by atoms with Crippen molar-refractivity contribution in [3.05, 3.63) is 65.2 Å². The van der Waals surface area contributed by atoms with Crippen molar-refractivity contribution in [1.29, 1.82) is 0 Å². The third-order valence-electron chi connectivity index (χ3n) is 6.08. The van der Waals surface area contributed by atoms with Crippen LogP contribution in [0.25, 0.3) is 0 Å². The highest BCUT2D eigenvalue weighted by atomic mass is 16.5. The Balaban J connectivity index is 1.35. The molecule has 160 valence electrons. The summed E-state index contributed by atoms with van der Waals surface area (Å²) in [5.74, 6) is -2.02. The molecule has 0 radical (unpaired) electrons. The van der Waals surface area contributed by atoms with Crippen molar-refractivity contribution in [3.8, 4) is 0 Å². The highest BCUT2D eigenvalue weighted by Crippen LogP contribution is 2.33. The molecule has 2 aromatic rings. The van der Waals surface area contributed by atoms with Crippen LogP contribution in [0, 0.1) is 5.92 Å². The molecule has 2 aliphatic rings. The molecule has 1 saturated heterocycles. The fraction of sp³-hybridized carbons (Fsp3) is 0.333. The molecule has 4 rings (SSSR count). The van der Waals surface area contributed by atoms with Crippen LogP contribution in [0.15, 0.2) is 48.5 Å². The average molecular weight is 420 g/mol. The fourth-order valence-corrected chi connectivity index (χ4v) is 4.10. The Morgan fingerprint density at radius 2 is 1.90 bits per heavy atom. The van der Waals surface area contributed by atoms with Gasteiger partial charge in [-0.25, -0.2) is 0 Å². The summed E-state index contributed by atoms with van der Waals surface area (Å²) in [6, 6.07) is 14.4. The summed E-state index contributed by atoms with van der Waals surface area (Å²) in [5.41, 5.74) is 2.84. The van der Waals surface area contributed by atoms with Gasteiger partial charge in [-0.2, -0.15) is 0 Å². The monoisotopic (exact) mass is 420 g/mol. The number of rotatable bonds is 6. The zero-order chi connectivity index (χ0) is 22.1. The van der Waals surface area contributed by atoms with E-state index in [-0.39, 0.29) is 42.5 Å². The quantitative estimate of drug-likeness (QED) is 0.573. The van der Waals surface area contributed by atoms with Crippen LogP contribution in [0.4, 0.5) is 5.69 Å². The largest absolute Gasteiger partial charge is 0.457 e. The van der Waals surface area contributed by atoms with Gasteiger partial charge in [-0.05, 0) is 43.2 Å². The summed E-state index contributed by atoms with van der Waals surface area (Å²) in [4.78, 5) is 50.9. The zero-order valence-corrected chi connectivity index (χ0v) is 17.5. The summed E-state index contributed by atoms with van der Waals surface area (Å²) in [6.07, 6.45) is 0.0777. The van der Waals surface area contributed by atoms with Crippen LogP contribution in [-0.2, 0) is 19.1 Å². The molecule has 1 N–H and O–H groups in total. The lowest BCUT2D eigenvalue weighted by atomic mass is 9.99. The van der Waals surface area contributed by atoms with Crippen molar-refractivity contribution < 1.29 is 23.9 Å². The van der Waals surface area contributed by atoms with E-state index in [1.807, 2.05) is 37.3 Å². The molecule has 2 aliphatic heterocycles. The molecule has 0 spiro atoms. The molecule has 31 heavy (non-hydrogen) atoms. The number of hydrogen-bond acceptors (Lipinski definition) is 5. The average Bonchev–Trinajstić information content (AvgIpc) is 3.31. The van der Waals surface area contributed by atoms with Crippen molar-refractivity contribution in [2.24, 2.45) is 5.92 Å². The fourth-order valence-electron chi connectivity index (χ4n) is 4.10. The van der Waals surface area contributed by atoms with E-state index >= 15 is 0 Å². The minimum Gasteiger partial charge on any atom is -0.457 e. The Morgan fingerprint density at radius 1 is 1.16 bits per heavy atom. The van der Waals surface area contributed by atoms with E-state index in [1.54, 1.807) is 30.0 Å². The number of amides is 2. The topological polar surface area (TPSA) is 92.8 Å². The van der Waals surface area contributed by atoms with Crippen molar-refractivity contribution in [1.82, 2.24) is 4.90 Å². The van der Waals surface area contributed by atoms with Gasteiger partial charge in [0.15, 0.2) is 12.4 Å². The second-order valence-corrected chi connectivity index (χ2v) is 8.08. The zero-order valence-electron chi connectivity index (χ0n) is 17.5. The van der Waals surface area contributed by atoms with Gasteiger partial charge in [-0.1, -0.05) is 30.3 Å². The predicted octanol–water partition coefficient (Wildman–Crippen LogP) is 3.08. The van der Waals surface area contributed by atoms with Gasteiger partial charge < -0.3 is 15.0 Å². The summed E-state index contributed by atoms with van der Waals surface area (Å²) < 4.78 is 5.24. The third-order valence-corrected chi connectivity index (χ3v) is 6.08. The maximum Gasteiger partial charge on any atom is 0.311 e. The van der Waals surface area contributed by atoms with E-state index < -0.39 is 18.5 Å². The van der Waals surface area contributed by atoms with Crippen LogP contribution in [0.2, 0.25) is 0 Å². The summed E-state index contributed by atoms with van der Waals surface area (Å²) >= 11 is 0. The van der Waals surface area contributed by atoms with E-state index in [0.29, 0.717) is 11.3 Å². The molecule has 0 aliphatic carbocycles. The second-order valence-electron chi connectivity index (χ2n) is 8.08. The first-order valence-electron chi connectivity index (χ1n) is 10.3. The van der Waals surface area contributed by atoms with Gasteiger partial charge >= 0.3 is 5.97 Å². The molecule has 0 bridgehead atoms. The Morgan fingerprint density at radius 3 is 2.65 bits per heavy atom. The Kier molecular flexibility index (Phi) is 5.59. The molecule has 3 atom stereocenters. The normalized spacial score (nSPS) is 20.9. The number of carbonyl (C=O) groups is 4. The smallest absolute Gasteiger partial charge is 0.311 e. The predicted molar refractivity (Wildman–Crippen MR) is 113 cm³/mol. The molecular formula is C24H24N2O5. The number of likely N-dealkylation sites (tertiary alicyclic amines) is 1. The van der Waals surface area contributed by atoms with E-state index in [4.69, 9.17) is 4.74 Å². The minimum absolute atomic E-state index is 0.0777. The van der Waals surface area contributed by atoms with Crippen molar-refractivity contribution in [2.45, 2.75) is 32.2 Å². The Labute approximate surface area is 180 Å². The highest BCUT2D eigenvalue weighted by Gasteiger charge is 2.38. The van der Waals surface area contributed by atoms with Crippen molar-refractivity contribution >= 4 is 29.3 Å². The van der Waals surface area contributed by atoms with Crippen LogP contribution in [-0.4, -0.2) is 41.6 Å². The van der Waals surface area contributed by atoms with Crippen LogP contribution in [0.5, 0.6) is 0 Å². The third kappa shape index (κ3) is 4.08. The van der Waals surface area contributed by atoms with Gasteiger partial charge in [0.05, 0.1) is 17.9 Å². The molecule has 2 heterocycles. The van der Waals surface area contributed by atoms with Gasteiger partial charge in [0, 0.05) is 24.2 Å². The number of benzene rings is 2. The summed E-state index contributed by atoms with van der Waals surface area (Å²) in [5, 5.41) is 2.76. The summed E-state index contributed by atoms with van der Waals surface area (Å²) in [6.45, 7) is 3.58. The number of carbonyl (C=O) groups excluding carboxylic acids is 4. The molecule has 2 amide bonds. The lowest BCUT2D eigenvalue weighted by Gasteiger charge is -2.25. The SMILES string of the molecule is C[C@H]1C(=O)Nc2ccc(C(=O)COC(=O)[C@@H]3CC(=O)N([C@@H](C)c4ccccc4)C3)cc21. The standard InChI is InChI=1S/C24H24N2O5/c1-14-19-10-17(8-9-20(19)25-23(14)29)21(27)13-31-24(30)18-11-22(28)26(12-18)15(2)16-6-4-3-5-7-16/h3-10,14-15,18H,11-13H2,1-2H3,(H,25,29)/t14-,15+,18-/m1/s1. The second kappa shape index (κ2) is 8.34. The first-order valence-corrected chi connectivity index (χ1v) is 10.3. The molecule has 2 aromatic carbocycles. The number of esters is 1. The van der Waals surface area contributed by atoms with Gasteiger partial charge in [0.2, 0.25) is 11.8 Å². The van der Waals surface area contributed by atoms with Crippen LogP contribution >= 0.6 is 0 Å². The van der Waals surface area contributed by atoms with Crippen LogP contribution in [0.3, 0.4) is 0 Å². The number of nitrogens with one attached hydrogen (secondary N) is 1. The van der Waals surface area contributed by atoms with E-state index in [1.165, 1.54) is 0 Å².